The minimum absolute atomic E-state index is 0.0397. The summed E-state index contributed by atoms with van der Waals surface area (Å²) in [6, 6.07) is 3.96. The number of carbonyl (C=O) groups is 1. The quantitative estimate of drug-likeness (QED) is 0.926. The number of thiophene rings is 1. The molecule has 5 heteroatoms. The molecule has 1 saturated carbocycles. The van der Waals surface area contributed by atoms with Gasteiger partial charge in [0, 0.05) is 11.4 Å². The van der Waals surface area contributed by atoms with Crippen LogP contribution in [0.1, 0.15) is 31.1 Å². The summed E-state index contributed by atoms with van der Waals surface area (Å²) in [6.45, 7) is 4.50. The van der Waals surface area contributed by atoms with E-state index in [0.29, 0.717) is 12.5 Å². The Morgan fingerprint density at radius 3 is 3.05 bits per heavy atom. The van der Waals surface area contributed by atoms with Crippen molar-refractivity contribution in [3.05, 3.63) is 21.3 Å². The third kappa shape index (κ3) is 2.74. The van der Waals surface area contributed by atoms with Crippen LogP contribution in [0.5, 0.6) is 0 Å². The molecular formula is C15H21ClN2OS. The van der Waals surface area contributed by atoms with Crippen molar-refractivity contribution in [3.8, 4) is 0 Å². The normalized spacial score (nSPS) is 28.6. The number of nitrogens with zero attached hydrogens (tertiary/aromatic N) is 1. The lowest BCUT2D eigenvalue weighted by atomic mass is 9.93. The molecule has 20 heavy (non-hydrogen) atoms. The maximum absolute atomic E-state index is 12.8. The van der Waals surface area contributed by atoms with Crippen molar-refractivity contribution in [2.45, 2.75) is 38.8 Å². The Morgan fingerprint density at radius 2 is 2.35 bits per heavy atom. The lowest BCUT2D eigenvalue weighted by Crippen LogP contribution is -2.45. The van der Waals surface area contributed by atoms with E-state index in [-0.39, 0.29) is 11.9 Å². The minimum Gasteiger partial charge on any atom is -0.336 e. The van der Waals surface area contributed by atoms with Crippen LogP contribution in [0, 0.1) is 11.8 Å². The number of fused-ring (bicyclic) bond motifs is 1. The molecule has 1 N–H and O–H groups in total. The highest BCUT2D eigenvalue weighted by atomic mass is 35.5. The first-order chi connectivity index (χ1) is 9.69. The Kier molecular flexibility index (Phi) is 4.34. The molecular weight excluding hydrogens is 292 g/mol. The number of carbonyl (C=O) groups excluding carboxylic acids is 1. The van der Waals surface area contributed by atoms with Gasteiger partial charge >= 0.3 is 0 Å². The van der Waals surface area contributed by atoms with Crippen molar-refractivity contribution < 1.29 is 4.79 Å². The number of hydrogen-bond acceptors (Lipinski definition) is 3. The standard InChI is InChI=1S/C15H21ClN2OS/c1-2-18(9-11-6-7-13(16)20-11)15(19)14-12-5-3-4-10(12)8-17-14/h6-7,10,12,14,17H,2-5,8-9H2,1H3. The van der Waals surface area contributed by atoms with Gasteiger partial charge in [-0.1, -0.05) is 18.0 Å². The fourth-order valence-corrected chi connectivity index (χ4v) is 4.73. The molecule has 3 unspecified atom stereocenters. The van der Waals surface area contributed by atoms with E-state index in [4.69, 9.17) is 11.6 Å². The molecule has 1 aliphatic carbocycles. The van der Waals surface area contributed by atoms with Gasteiger partial charge < -0.3 is 10.2 Å². The molecule has 1 aromatic rings. The van der Waals surface area contributed by atoms with E-state index in [1.807, 2.05) is 24.0 Å². The zero-order valence-electron chi connectivity index (χ0n) is 11.8. The van der Waals surface area contributed by atoms with Crippen molar-refractivity contribution in [1.29, 1.82) is 0 Å². The first-order valence-corrected chi connectivity index (χ1v) is 8.65. The van der Waals surface area contributed by atoms with Gasteiger partial charge in [-0.25, -0.2) is 0 Å². The van der Waals surface area contributed by atoms with Crippen LogP contribution in [0.3, 0.4) is 0 Å². The number of nitrogens with one attached hydrogen (secondary N) is 1. The molecule has 0 radical (unpaired) electrons. The van der Waals surface area contributed by atoms with Crippen molar-refractivity contribution in [3.63, 3.8) is 0 Å². The van der Waals surface area contributed by atoms with Gasteiger partial charge in [0.05, 0.1) is 16.9 Å². The molecule has 1 aliphatic heterocycles. The minimum atomic E-state index is 0.0397. The predicted octanol–water partition coefficient (Wildman–Crippen LogP) is 3.14. The number of hydrogen-bond donors (Lipinski definition) is 1. The van der Waals surface area contributed by atoms with E-state index in [9.17, 15) is 4.79 Å². The van der Waals surface area contributed by atoms with Crippen LogP contribution in [0.15, 0.2) is 12.1 Å². The zero-order valence-corrected chi connectivity index (χ0v) is 13.3. The maximum Gasteiger partial charge on any atom is 0.240 e. The number of likely N-dealkylation sites (N-methyl/N-ethyl adjacent to an activating group) is 1. The van der Waals surface area contributed by atoms with E-state index < -0.39 is 0 Å². The monoisotopic (exact) mass is 312 g/mol. The van der Waals surface area contributed by atoms with E-state index in [1.54, 1.807) is 11.3 Å². The molecule has 2 fully saturated rings. The largest absolute Gasteiger partial charge is 0.336 e. The topological polar surface area (TPSA) is 32.3 Å². The first-order valence-electron chi connectivity index (χ1n) is 7.45. The average molecular weight is 313 g/mol. The van der Waals surface area contributed by atoms with Crippen LogP contribution in [0.25, 0.3) is 0 Å². The SMILES string of the molecule is CCN(Cc1ccc(Cl)s1)C(=O)C1NCC2CCCC21. The summed E-state index contributed by atoms with van der Waals surface area (Å²) in [5, 5.41) is 3.45. The highest BCUT2D eigenvalue weighted by Crippen LogP contribution is 2.38. The van der Waals surface area contributed by atoms with E-state index in [0.717, 1.165) is 28.2 Å². The molecule has 1 saturated heterocycles. The van der Waals surface area contributed by atoms with E-state index in [2.05, 4.69) is 5.32 Å². The second-order valence-electron chi connectivity index (χ2n) is 5.80. The Bertz CT molecular complexity index is 490. The van der Waals surface area contributed by atoms with Crippen LogP contribution in [0.2, 0.25) is 4.34 Å². The molecule has 3 nitrogen and oxygen atoms in total. The number of amides is 1. The zero-order chi connectivity index (χ0) is 14.1. The third-order valence-corrected chi connectivity index (χ3v) is 5.90. The fraction of sp³-hybridized carbons (Fsp3) is 0.667. The van der Waals surface area contributed by atoms with Gasteiger partial charge in [-0.2, -0.15) is 0 Å². The average Bonchev–Trinajstić information content (AvgIpc) is 3.11. The van der Waals surface area contributed by atoms with Crippen molar-refractivity contribution in [2.75, 3.05) is 13.1 Å². The van der Waals surface area contributed by atoms with Gasteiger partial charge in [-0.05, 0) is 50.3 Å². The van der Waals surface area contributed by atoms with Gasteiger partial charge in [0.25, 0.3) is 0 Å². The lowest BCUT2D eigenvalue weighted by Gasteiger charge is -2.26. The van der Waals surface area contributed by atoms with Crippen LogP contribution in [-0.2, 0) is 11.3 Å². The van der Waals surface area contributed by atoms with Gasteiger partial charge in [0.15, 0.2) is 0 Å². The fourth-order valence-electron chi connectivity index (χ4n) is 3.63. The summed E-state index contributed by atoms with van der Waals surface area (Å²) in [5.74, 6) is 1.55. The molecule has 3 atom stereocenters. The molecule has 0 spiro atoms. The van der Waals surface area contributed by atoms with Gasteiger partial charge in [0.1, 0.15) is 0 Å². The Labute approximate surface area is 129 Å². The second-order valence-corrected chi connectivity index (χ2v) is 7.60. The Balaban J connectivity index is 1.67. The van der Waals surface area contributed by atoms with Crippen LogP contribution in [0.4, 0.5) is 0 Å². The summed E-state index contributed by atoms with van der Waals surface area (Å²) >= 11 is 7.53. The van der Waals surface area contributed by atoms with Crippen LogP contribution < -0.4 is 5.32 Å². The molecule has 2 aliphatic rings. The van der Waals surface area contributed by atoms with E-state index in [1.165, 1.54) is 19.3 Å². The Hall–Kier alpha value is -0.580. The summed E-state index contributed by atoms with van der Waals surface area (Å²) in [5.41, 5.74) is 0. The molecule has 3 rings (SSSR count). The van der Waals surface area contributed by atoms with Gasteiger partial charge in [-0.3, -0.25) is 4.79 Å². The second kappa shape index (κ2) is 6.04. The molecule has 110 valence electrons. The van der Waals surface area contributed by atoms with Gasteiger partial charge in [0.2, 0.25) is 5.91 Å². The molecule has 2 heterocycles. The molecule has 0 aromatic carbocycles. The summed E-state index contributed by atoms with van der Waals surface area (Å²) in [6.07, 6.45) is 3.78. The van der Waals surface area contributed by atoms with E-state index >= 15 is 0 Å². The van der Waals surface area contributed by atoms with Crippen molar-refractivity contribution in [1.82, 2.24) is 10.2 Å². The first kappa shape index (κ1) is 14.4. The number of rotatable bonds is 4. The lowest BCUT2D eigenvalue weighted by molar-refractivity contribution is -0.134. The third-order valence-electron chi connectivity index (χ3n) is 4.68. The smallest absolute Gasteiger partial charge is 0.240 e. The number of halogens is 1. The highest BCUT2D eigenvalue weighted by molar-refractivity contribution is 7.16. The maximum atomic E-state index is 12.8. The summed E-state index contributed by atoms with van der Waals surface area (Å²) < 4.78 is 0.790. The van der Waals surface area contributed by atoms with Crippen LogP contribution >= 0.6 is 22.9 Å². The predicted molar refractivity (Wildman–Crippen MR) is 83.0 cm³/mol. The molecule has 1 aromatic heterocycles. The van der Waals surface area contributed by atoms with Crippen molar-refractivity contribution in [2.24, 2.45) is 11.8 Å². The van der Waals surface area contributed by atoms with Crippen molar-refractivity contribution >= 4 is 28.8 Å². The summed E-state index contributed by atoms with van der Waals surface area (Å²) in [4.78, 5) is 15.9. The van der Waals surface area contributed by atoms with Crippen LogP contribution in [-0.4, -0.2) is 29.9 Å². The molecule has 1 amide bonds. The Morgan fingerprint density at radius 1 is 1.50 bits per heavy atom. The highest BCUT2D eigenvalue weighted by Gasteiger charge is 2.43. The molecule has 0 bridgehead atoms. The summed E-state index contributed by atoms with van der Waals surface area (Å²) in [7, 11) is 0. The van der Waals surface area contributed by atoms with Gasteiger partial charge in [-0.15, -0.1) is 11.3 Å².